The Morgan fingerprint density at radius 2 is 0.800 bits per heavy atom. The molecule has 0 fully saturated rings. The molecular formula is C54H46F6N2O8. The Hall–Kier alpha value is -8.14. The highest BCUT2D eigenvalue weighted by atomic mass is 19.4. The van der Waals surface area contributed by atoms with Gasteiger partial charge in [-0.1, -0.05) is 48.6 Å². The molecule has 4 N–H and O–H groups in total. The fourth-order valence-electron chi connectivity index (χ4n) is 6.84. The first kappa shape index (κ1) is 51.3. The number of nitrogens with two attached hydrogens (primary N) is 2. The summed E-state index contributed by atoms with van der Waals surface area (Å²) in [6.45, 7) is -0.243. The molecule has 10 nitrogen and oxygen atoms in total. The van der Waals surface area contributed by atoms with Crippen LogP contribution >= 0.6 is 0 Å². The molecule has 0 aliphatic carbocycles. The fourth-order valence-corrected chi connectivity index (χ4v) is 6.84. The van der Waals surface area contributed by atoms with E-state index in [1.165, 1.54) is 60.7 Å². The number of benzene rings is 6. The average molecular weight is 965 g/mol. The van der Waals surface area contributed by atoms with Gasteiger partial charge in [0.2, 0.25) is 0 Å². The molecule has 0 radical (unpaired) electrons. The van der Waals surface area contributed by atoms with E-state index < -0.39 is 37.1 Å². The van der Waals surface area contributed by atoms with Gasteiger partial charge < -0.3 is 30.4 Å². The Morgan fingerprint density at radius 1 is 0.457 bits per heavy atom. The van der Waals surface area contributed by atoms with Gasteiger partial charge in [0, 0.05) is 37.1 Å². The van der Waals surface area contributed by atoms with Gasteiger partial charge in [0.1, 0.15) is 23.0 Å². The lowest BCUT2D eigenvalue weighted by Crippen LogP contribution is -2.10. The molecule has 0 aromatic heterocycles. The van der Waals surface area contributed by atoms with Crippen LogP contribution in [0.3, 0.4) is 0 Å². The molecule has 70 heavy (non-hydrogen) atoms. The highest BCUT2D eigenvalue weighted by Gasteiger charge is 2.27. The van der Waals surface area contributed by atoms with E-state index in [-0.39, 0.29) is 73.1 Å². The van der Waals surface area contributed by atoms with Crippen molar-refractivity contribution in [3.05, 3.63) is 179 Å². The number of carbonyl (C=O) groups excluding carboxylic acids is 4. The number of anilines is 2. The van der Waals surface area contributed by atoms with Crippen molar-refractivity contribution in [1.82, 2.24) is 0 Å². The maximum absolute atomic E-state index is 13.3. The normalized spacial score (nSPS) is 11.7. The molecule has 0 bridgehead atoms. The van der Waals surface area contributed by atoms with E-state index in [1.54, 1.807) is 97.1 Å². The molecular weight excluding hydrogens is 919 g/mol. The summed E-state index contributed by atoms with van der Waals surface area (Å²) in [5.74, 6) is -0.660. The van der Waals surface area contributed by atoms with Gasteiger partial charge in [-0.25, -0.2) is 9.59 Å². The lowest BCUT2D eigenvalue weighted by atomic mass is 9.90. The Kier molecular flexibility index (Phi) is 17.4. The second kappa shape index (κ2) is 23.7. The minimum atomic E-state index is -4.26. The summed E-state index contributed by atoms with van der Waals surface area (Å²) in [7, 11) is 0. The first-order valence-electron chi connectivity index (χ1n) is 21.8. The number of hydrogen-bond acceptors (Lipinski definition) is 10. The van der Waals surface area contributed by atoms with Crippen molar-refractivity contribution in [2.45, 2.75) is 50.9 Å². The van der Waals surface area contributed by atoms with E-state index in [0.29, 0.717) is 56.3 Å². The zero-order valence-corrected chi connectivity index (χ0v) is 37.4. The van der Waals surface area contributed by atoms with E-state index in [0.717, 1.165) is 0 Å². The Morgan fingerprint density at radius 3 is 1.14 bits per heavy atom. The smallest absolute Gasteiger partial charge is 0.389 e. The van der Waals surface area contributed by atoms with E-state index in [2.05, 4.69) is 0 Å². The van der Waals surface area contributed by atoms with Crippen LogP contribution in [0.25, 0.3) is 23.3 Å². The van der Waals surface area contributed by atoms with Gasteiger partial charge in [0.15, 0.2) is 11.6 Å². The molecule has 0 heterocycles. The number of esters is 2. The summed E-state index contributed by atoms with van der Waals surface area (Å²) in [5.41, 5.74) is 17.5. The molecule has 0 amide bonds. The van der Waals surface area contributed by atoms with Crippen LogP contribution in [0.5, 0.6) is 23.0 Å². The monoisotopic (exact) mass is 964 g/mol. The summed E-state index contributed by atoms with van der Waals surface area (Å²) in [5, 5.41) is 0. The molecule has 0 aliphatic rings. The number of rotatable bonds is 21. The molecule has 6 rings (SSSR count). The van der Waals surface area contributed by atoms with Crippen LogP contribution in [0.2, 0.25) is 0 Å². The van der Waals surface area contributed by atoms with Crippen LogP contribution in [-0.4, -0.2) is 49.1 Å². The molecule has 16 heteroatoms. The molecule has 0 unspecified atom stereocenters. The summed E-state index contributed by atoms with van der Waals surface area (Å²) >= 11 is 0. The first-order chi connectivity index (χ1) is 33.4. The van der Waals surface area contributed by atoms with Gasteiger partial charge in [0.25, 0.3) is 0 Å². The molecule has 0 atom stereocenters. The molecule has 0 spiro atoms. The van der Waals surface area contributed by atoms with E-state index in [1.807, 2.05) is 0 Å². The lowest BCUT2D eigenvalue weighted by Gasteiger charge is -2.14. The van der Waals surface area contributed by atoms with Crippen molar-refractivity contribution in [2.24, 2.45) is 0 Å². The third-order valence-corrected chi connectivity index (χ3v) is 10.3. The second-order valence-corrected chi connectivity index (χ2v) is 15.9. The van der Waals surface area contributed by atoms with Gasteiger partial charge in [-0.05, 0) is 155 Å². The summed E-state index contributed by atoms with van der Waals surface area (Å²) in [4.78, 5) is 52.1. The van der Waals surface area contributed by atoms with Gasteiger partial charge in [-0.15, -0.1) is 0 Å². The van der Waals surface area contributed by atoms with Crippen LogP contribution in [0.1, 0.15) is 68.7 Å². The minimum absolute atomic E-state index is 0.0227. The number of allylic oxidation sites excluding steroid dienone is 2. The topological polar surface area (TPSA) is 157 Å². The van der Waals surface area contributed by atoms with E-state index >= 15 is 0 Å². The predicted octanol–water partition coefficient (Wildman–Crippen LogP) is 12.0. The average Bonchev–Trinajstić information content (AvgIpc) is 3.31. The number of ketones is 2. The largest absolute Gasteiger partial charge is 0.494 e. The van der Waals surface area contributed by atoms with Gasteiger partial charge in [-0.2, -0.15) is 26.3 Å². The number of ether oxygens (including phenoxy) is 4. The van der Waals surface area contributed by atoms with Crippen LogP contribution in [-0.2, 0) is 22.4 Å². The molecule has 0 aliphatic heterocycles. The minimum Gasteiger partial charge on any atom is -0.494 e. The van der Waals surface area contributed by atoms with Crippen molar-refractivity contribution in [1.29, 1.82) is 0 Å². The molecule has 6 aromatic carbocycles. The number of carbonyl (C=O) groups is 4. The zero-order chi connectivity index (χ0) is 50.3. The Balaban J connectivity index is 1.01. The fraction of sp³-hybridized carbons (Fsp3) is 0.185. The van der Waals surface area contributed by atoms with Crippen molar-refractivity contribution in [2.75, 3.05) is 24.7 Å². The van der Waals surface area contributed by atoms with Crippen LogP contribution in [0.15, 0.2) is 146 Å². The third-order valence-electron chi connectivity index (χ3n) is 10.3. The maximum Gasteiger partial charge on any atom is 0.389 e. The highest BCUT2D eigenvalue weighted by Crippen LogP contribution is 2.32. The van der Waals surface area contributed by atoms with E-state index in [9.17, 15) is 45.5 Å². The Bertz CT molecular complexity index is 2630. The van der Waals surface area contributed by atoms with Crippen molar-refractivity contribution < 1.29 is 64.5 Å². The van der Waals surface area contributed by atoms with Gasteiger partial charge in [0.05, 0.1) is 24.3 Å². The van der Waals surface area contributed by atoms with Crippen molar-refractivity contribution >= 4 is 47.0 Å². The molecule has 6 aromatic rings. The Labute approximate surface area is 399 Å². The van der Waals surface area contributed by atoms with Gasteiger partial charge in [-0.3, -0.25) is 9.59 Å². The second-order valence-electron chi connectivity index (χ2n) is 15.9. The third kappa shape index (κ3) is 16.6. The number of halogens is 6. The molecule has 362 valence electrons. The SMILES string of the molecule is Nc1ccc(-c2ccc(N)cc2CC(=O)/C=C/c2ccc(OC(=O)c3ccc(OCCCC(F)(F)F)cc3)cc2)c(CC(=O)/C=C/c2ccc(OC(=O)c3ccc(OCCCC(F)(F)F)cc3)cc2)c1. The summed E-state index contributed by atoms with van der Waals surface area (Å²) in [6, 6.07) is 34.9. The lowest BCUT2D eigenvalue weighted by molar-refractivity contribution is -0.137. The number of hydrogen-bond donors (Lipinski definition) is 2. The van der Waals surface area contributed by atoms with Crippen LogP contribution < -0.4 is 30.4 Å². The molecule has 0 saturated heterocycles. The van der Waals surface area contributed by atoms with E-state index in [4.69, 9.17) is 30.4 Å². The summed E-state index contributed by atoms with van der Waals surface area (Å²) < 4.78 is 95.6. The van der Waals surface area contributed by atoms with Crippen LogP contribution in [0.4, 0.5) is 37.7 Å². The van der Waals surface area contributed by atoms with Gasteiger partial charge >= 0.3 is 24.3 Å². The first-order valence-corrected chi connectivity index (χ1v) is 21.8. The standard InChI is InChI=1S/C54H46F6N2O8/c55-53(56,57)27-1-29-67-45-21-9-37(10-22-45)51(65)69-47-17-5-35(6-18-47)3-15-43(63)33-39-31-41(61)13-25-49(39)50-26-14-42(62)32-40(50)34-44(64)16-4-36-7-19-48(20-8-36)70-52(66)38-11-23-46(24-12-38)68-30-2-28-54(58,59)60/h3-26,31-32H,1-2,27-30,33-34,61-62H2/b15-3+,16-4+. The maximum atomic E-state index is 13.3. The van der Waals surface area contributed by atoms with Crippen LogP contribution in [0, 0.1) is 0 Å². The van der Waals surface area contributed by atoms with Crippen molar-refractivity contribution in [3.63, 3.8) is 0 Å². The molecule has 0 saturated carbocycles. The van der Waals surface area contributed by atoms with Crippen molar-refractivity contribution in [3.8, 4) is 34.1 Å². The highest BCUT2D eigenvalue weighted by molar-refractivity contribution is 5.98. The zero-order valence-electron chi connectivity index (χ0n) is 37.4. The summed E-state index contributed by atoms with van der Waals surface area (Å²) in [6.07, 6.45) is -4.77. The number of nitrogen functional groups attached to an aromatic ring is 2. The quantitative estimate of drug-likeness (QED) is 0.0178. The number of alkyl halides is 6. The predicted molar refractivity (Wildman–Crippen MR) is 253 cm³/mol.